The number of anilines is 1. The summed E-state index contributed by atoms with van der Waals surface area (Å²) < 4.78 is 23.4. The predicted molar refractivity (Wildman–Crippen MR) is 157 cm³/mol. The highest BCUT2D eigenvalue weighted by atomic mass is 32.2. The molecule has 1 aliphatic rings. The second-order valence-electron chi connectivity index (χ2n) is 10.2. The molecule has 0 atom stereocenters. The predicted octanol–water partition coefficient (Wildman–Crippen LogP) is 3.80. The molecular formula is C30H29N7O3S. The minimum atomic E-state index is -2.93. The van der Waals surface area contributed by atoms with Crippen LogP contribution < -0.4 is 5.32 Å². The van der Waals surface area contributed by atoms with E-state index in [1.165, 1.54) is 0 Å². The van der Waals surface area contributed by atoms with Crippen LogP contribution in [-0.4, -0.2) is 69.0 Å². The van der Waals surface area contributed by atoms with Crippen LogP contribution in [0.3, 0.4) is 0 Å². The average Bonchev–Trinajstić information content (AvgIpc) is 3.44. The lowest BCUT2D eigenvalue weighted by molar-refractivity contribution is 0.102. The molecule has 6 rings (SSSR count). The number of hydrogen-bond acceptors (Lipinski definition) is 8. The molecule has 3 aromatic carbocycles. The third-order valence-corrected chi connectivity index (χ3v) is 8.75. The van der Waals surface area contributed by atoms with Crippen molar-refractivity contribution in [1.82, 2.24) is 30.0 Å². The van der Waals surface area contributed by atoms with Crippen LogP contribution in [0, 0.1) is 6.92 Å². The smallest absolute Gasteiger partial charge is 0.255 e. The topological polar surface area (TPSA) is 134 Å². The van der Waals surface area contributed by atoms with E-state index < -0.39 is 9.84 Å². The molecular weight excluding hydrogens is 538 g/mol. The van der Waals surface area contributed by atoms with Crippen LogP contribution in [0.1, 0.15) is 33.1 Å². The summed E-state index contributed by atoms with van der Waals surface area (Å²) in [6.07, 6.45) is 0.487. The second kappa shape index (κ2) is 11.2. The first kappa shape index (κ1) is 26.7. The first-order valence-electron chi connectivity index (χ1n) is 13.4. The first-order chi connectivity index (χ1) is 19.8. The molecule has 3 heterocycles. The van der Waals surface area contributed by atoms with Crippen molar-refractivity contribution in [2.24, 2.45) is 0 Å². The molecule has 0 radical (unpaired) electrons. The van der Waals surface area contributed by atoms with E-state index in [0.29, 0.717) is 49.0 Å². The Labute approximate surface area is 237 Å². The number of aromatic nitrogens is 5. The van der Waals surface area contributed by atoms with Gasteiger partial charge in [0.25, 0.3) is 5.91 Å². The Kier molecular flexibility index (Phi) is 7.29. The second-order valence-corrected chi connectivity index (χ2v) is 12.5. The fraction of sp³-hybridized carbons (Fsp3) is 0.233. The van der Waals surface area contributed by atoms with Crippen molar-refractivity contribution >= 4 is 32.5 Å². The van der Waals surface area contributed by atoms with Gasteiger partial charge in [-0.15, -0.1) is 0 Å². The van der Waals surface area contributed by atoms with Crippen LogP contribution in [0.15, 0.2) is 72.8 Å². The fourth-order valence-corrected chi connectivity index (χ4v) is 6.11. The minimum Gasteiger partial charge on any atom is -0.322 e. The number of fused-ring (bicyclic) bond motifs is 1. The molecule has 11 heteroatoms. The minimum absolute atomic E-state index is 0.178. The lowest BCUT2D eigenvalue weighted by Crippen LogP contribution is -2.39. The first-order valence-corrected chi connectivity index (χ1v) is 15.2. The summed E-state index contributed by atoms with van der Waals surface area (Å²) in [5.74, 6) is 1.39. The van der Waals surface area contributed by atoms with Crippen molar-refractivity contribution in [2.75, 3.05) is 29.9 Å². The summed E-state index contributed by atoms with van der Waals surface area (Å²) in [5.41, 5.74) is 6.40. The van der Waals surface area contributed by atoms with Gasteiger partial charge in [0.05, 0.1) is 40.3 Å². The third kappa shape index (κ3) is 6.31. The number of carbonyl (C=O) groups is 1. The van der Waals surface area contributed by atoms with Crippen LogP contribution in [0.25, 0.3) is 22.4 Å². The molecule has 1 fully saturated rings. The molecule has 0 saturated carbocycles. The number of hydrogen-bond donors (Lipinski definition) is 2. The summed E-state index contributed by atoms with van der Waals surface area (Å²) in [6, 6.07) is 22.6. The number of nitrogens with zero attached hydrogens (tertiary/aromatic N) is 5. The Balaban J connectivity index is 1.09. The molecule has 10 nitrogen and oxygen atoms in total. The van der Waals surface area contributed by atoms with Crippen molar-refractivity contribution in [2.45, 2.75) is 19.9 Å². The van der Waals surface area contributed by atoms with E-state index in [9.17, 15) is 13.2 Å². The molecule has 5 aromatic rings. The lowest BCUT2D eigenvalue weighted by Gasteiger charge is -2.26. The van der Waals surface area contributed by atoms with E-state index in [1.807, 2.05) is 73.7 Å². The number of rotatable bonds is 7. The molecule has 1 saturated heterocycles. The molecule has 0 bridgehead atoms. The zero-order chi connectivity index (χ0) is 28.4. The van der Waals surface area contributed by atoms with Gasteiger partial charge in [0, 0.05) is 36.4 Å². The van der Waals surface area contributed by atoms with E-state index in [1.54, 1.807) is 6.07 Å². The van der Waals surface area contributed by atoms with Crippen LogP contribution in [0.2, 0.25) is 0 Å². The number of aryl methyl sites for hydroxylation is 1. The largest absolute Gasteiger partial charge is 0.322 e. The van der Waals surface area contributed by atoms with E-state index in [4.69, 9.17) is 4.98 Å². The van der Waals surface area contributed by atoms with Gasteiger partial charge in [-0.05, 0) is 61.0 Å². The highest BCUT2D eigenvalue weighted by Crippen LogP contribution is 2.21. The Hall–Kier alpha value is -4.48. The van der Waals surface area contributed by atoms with Gasteiger partial charge in [0.15, 0.2) is 15.7 Å². The quantitative estimate of drug-likeness (QED) is 0.303. The van der Waals surface area contributed by atoms with Crippen molar-refractivity contribution in [1.29, 1.82) is 0 Å². The number of H-pyrrole nitrogens is 1. The van der Waals surface area contributed by atoms with Crippen LogP contribution in [-0.2, 0) is 22.8 Å². The average molecular weight is 568 g/mol. The maximum Gasteiger partial charge on any atom is 0.255 e. The normalized spacial score (nSPS) is 15.1. The molecule has 2 N–H and O–H groups in total. The van der Waals surface area contributed by atoms with Crippen LogP contribution in [0.5, 0.6) is 0 Å². The Bertz CT molecular complexity index is 1820. The summed E-state index contributed by atoms with van der Waals surface area (Å²) in [7, 11) is -2.93. The van der Waals surface area contributed by atoms with Gasteiger partial charge in [-0.25, -0.2) is 23.4 Å². The maximum atomic E-state index is 12.9. The number of nitrogens with one attached hydrogen (secondary N) is 2. The van der Waals surface area contributed by atoms with Gasteiger partial charge in [0.2, 0.25) is 0 Å². The molecule has 0 unspecified atom stereocenters. The summed E-state index contributed by atoms with van der Waals surface area (Å²) >= 11 is 0. The molecule has 0 spiro atoms. The summed E-state index contributed by atoms with van der Waals surface area (Å²) in [6.45, 7) is 3.57. The lowest BCUT2D eigenvalue weighted by atomic mass is 10.1. The zero-order valence-corrected chi connectivity index (χ0v) is 23.4. The van der Waals surface area contributed by atoms with Gasteiger partial charge in [-0.3, -0.25) is 14.8 Å². The molecule has 41 heavy (non-hydrogen) atoms. The number of sulfone groups is 1. The maximum absolute atomic E-state index is 12.9. The van der Waals surface area contributed by atoms with E-state index in [2.05, 4.69) is 30.4 Å². The standard InChI is InChI=1S/C30H29N7O3S/c1-20-27(33-26-8-3-2-7-25(26)31-20)18-28-34-29(36-35-28)22-9-11-24(12-10-22)32-30(38)23-6-4-5-21(17-23)19-37-13-15-41(39,40)16-14-37/h2-12,17H,13-16,18-19H2,1H3,(H,32,38)(H,34,35,36). The Morgan fingerprint density at radius 2 is 1.66 bits per heavy atom. The molecule has 1 amide bonds. The van der Waals surface area contributed by atoms with Gasteiger partial charge in [-0.2, -0.15) is 5.10 Å². The molecule has 208 valence electrons. The number of amides is 1. The van der Waals surface area contributed by atoms with E-state index in [-0.39, 0.29) is 17.4 Å². The van der Waals surface area contributed by atoms with Crippen molar-refractivity contribution in [3.05, 3.63) is 101 Å². The van der Waals surface area contributed by atoms with Crippen molar-refractivity contribution < 1.29 is 13.2 Å². The fourth-order valence-electron chi connectivity index (χ4n) is 4.84. The molecule has 0 aliphatic carbocycles. The van der Waals surface area contributed by atoms with Gasteiger partial charge in [0.1, 0.15) is 5.82 Å². The van der Waals surface area contributed by atoms with Gasteiger partial charge < -0.3 is 5.32 Å². The monoisotopic (exact) mass is 567 g/mol. The molecule has 2 aromatic heterocycles. The molecule has 1 aliphatic heterocycles. The summed E-state index contributed by atoms with van der Waals surface area (Å²) in [5, 5.41) is 10.3. The van der Waals surface area contributed by atoms with Crippen molar-refractivity contribution in [3.8, 4) is 11.4 Å². The van der Waals surface area contributed by atoms with E-state index >= 15 is 0 Å². The van der Waals surface area contributed by atoms with Gasteiger partial charge >= 0.3 is 0 Å². The zero-order valence-electron chi connectivity index (χ0n) is 22.5. The third-order valence-electron chi connectivity index (χ3n) is 7.14. The van der Waals surface area contributed by atoms with Gasteiger partial charge in [-0.1, -0.05) is 24.3 Å². The Morgan fingerprint density at radius 1 is 0.927 bits per heavy atom. The van der Waals surface area contributed by atoms with E-state index in [0.717, 1.165) is 33.5 Å². The van der Waals surface area contributed by atoms with Crippen LogP contribution >= 0.6 is 0 Å². The highest BCUT2D eigenvalue weighted by molar-refractivity contribution is 7.91. The van der Waals surface area contributed by atoms with Crippen LogP contribution in [0.4, 0.5) is 5.69 Å². The number of carbonyl (C=O) groups excluding carboxylic acids is 1. The number of aromatic amines is 1. The number of benzene rings is 3. The van der Waals surface area contributed by atoms with Crippen molar-refractivity contribution in [3.63, 3.8) is 0 Å². The Morgan fingerprint density at radius 3 is 2.41 bits per heavy atom. The summed E-state index contributed by atoms with van der Waals surface area (Å²) in [4.78, 5) is 29.1. The highest BCUT2D eigenvalue weighted by Gasteiger charge is 2.21. The SMILES string of the molecule is Cc1nc2ccccc2nc1Cc1nc(-c2ccc(NC(=O)c3cccc(CN4CCS(=O)(=O)CC4)c3)cc2)n[nH]1. The number of para-hydroxylation sites is 2.